The second kappa shape index (κ2) is 8.12. The molecule has 0 radical (unpaired) electrons. The molecule has 2 aliphatic rings. The summed E-state index contributed by atoms with van der Waals surface area (Å²) in [5.41, 5.74) is 1.59. The normalized spacial score (nSPS) is 22.0. The van der Waals surface area contributed by atoms with Crippen molar-refractivity contribution in [2.24, 2.45) is 0 Å². The van der Waals surface area contributed by atoms with Gasteiger partial charge in [0, 0.05) is 25.2 Å². The smallest absolute Gasteiger partial charge is 0.246 e. The molecular formula is C20H25N3O. The lowest BCUT2D eigenvalue weighted by Crippen LogP contribution is -2.48. The molecule has 0 unspecified atom stereocenters. The van der Waals surface area contributed by atoms with Crippen molar-refractivity contribution in [1.29, 1.82) is 5.26 Å². The van der Waals surface area contributed by atoms with Crippen LogP contribution >= 0.6 is 0 Å². The number of amides is 1. The van der Waals surface area contributed by atoms with Crippen molar-refractivity contribution in [2.75, 3.05) is 26.2 Å². The molecule has 1 amide bonds. The predicted molar refractivity (Wildman–Crippen MR) is 95.2 cm³/mol. The lowest BCUT2D eigenvalue weighted by atomic mass is 10.0. The first-order chi connectivity index (χ1) is 11.8. The molecule has 1 aromatic carbocycles. The molecule has 0 aromatic heterocycles. The summed E-state index contributed by atoms with van der Waals surface area (Å²) in [5, 5.41) is 8.83. The Balaban J connectivity index is 1.62. The van der Waals surface area contributed by atoms with Gasteiger partial charge in [-0.1, -0.05) is 12.1 Å². The van der Waals surface area contributed by atoms with Gasteiger partial charge in [0.15, 0.2) is 0 Å². The summed E-state index contributed by atoms with van der Waals surface area (Å²) in [7, 11) is 0. The Hall–Kier alpha value is -2.12. The lowest BCUT2D eigenvalue weighted by Gasteiger charge is -2.37. The maximum atomic E-state index is 12.6. The Bertz CT molecular complexity index is 623. The molecule has 126 valence electrons. The topological polar surface area (TPSA) is 47.3 Å². The molecule has 2 fully saturated rings. The summed E-state index contributed by atoms with van der Waals surface area (Å²) in [5.74, 6) is 0.114. The van der Waals surface area contributed by atoms with Crippen molar-refractivity contribution in [3.8, 4) is 6.07 Å². The average molecular weight is 323 g/mol. The minimum atomic E-state index is 0.114. The van der Waals surface area contributed by atoms with Gasteiger partial charge in [-0.2, -0.15) is 5.26 Å². The zero-order chi connectivity index (χ0) is 16.8. The third-order valence-corrected chi connectivity index (χ3v) is 5.04. The van der Waals surface area contributed by atoms with Crippen LogP contribution in [0, 0.1) is 11.3 Å². The van der Waals surface area contributed by atoms with Gasteiger partial charge in [-0.3, -0.25) is 4.79 Å². The maximum Gasteiger partial charge on any atom is 0.246 e. The summed E-state index contributed by atoms with van der Waals surface area (Å²) < 4.78 is 0. The molecule has 4 nitrogen and oxygen atoms in total. The largest absolute Gasteiger partial charge is 0.335 e. The van der Waals surface area contributed by atoms with Gasteiger partial charge in [-0.25, -0.2) is 0 Å². The first-order valence-corrected chi connectivity index (χ1v) is 8.97. The number of carbonyl (C=O) groups is 1. The molecule has 1 aromatic rings. The Kier molecular flexibility index (Phi) is 5.66. The number of benzene rings is 1. The summed E-state index contributed by atoms with van der Waals surface area (Å²) in [6.07, 6.45) is 9.56. The van der Waals surface area contributed by atoms with Gasteiger partial charge in [0.1, 0.15) is 0 Å². The monoisotopic (exact) mass is 323 g/mol. The van der Waals surface area contributed by atoms with Crippen LogP contribution in [0.4, 0.5) is 0 Å². The van der Waals surface area contributed by atoms with Crippen LogP contribution in [0.2, 0.25) is 0 Å². The predicted octanol–water partition coefficient (Wildman–Crippen LogP) is 3.05. The van der Waals surface area contributed by atoms with E-state index in [1.54, 1.807) is 18.2 Å². The number of hydrogen-bond acceptors (Lipinski definition) is 3. The number of hydrogen-bond donors (Lipinski definition) is 0. The molecule has 0 bridgehead atoms. The van der Waals surface area contributed by atoms with Crippen molar-refractivity contribution in [3.63, 3.8) is 0 Å². The number of likely N-dealkylation sites (tertiary alicyclic amines) is 2. The molecular weight excluding hydrogens is 298 g/mol. The molecule has 0 N–H and O–H groups in total. The summed E-state index contributed by atoms with van der Waals surface area (Å²) in [6, 6.07) is 9.77. The van der Waals surface area contributed by atoms with E-state index in [2.05, 4.69) is 15.9 Å². The second-order valence-electron chi connectivity index (χ2n) is 6.76. The van der Waals surface area contributed by atoms with Crippen molar-refractivity contribution in [2.45, 2.75) is 38.1 Å². The van der Waals surface area contributed by atoms with Crippen molar-refractivity contribution < 1.29 is 4.79 Å². The molecule has 0 spiro atoms. The average Bonchev–Trinajstić information content (AvgIpc) is 3.13. The van der Waals surface area contributed by atoms with E-state index >= 15 is 0 Å². The van der Waals surface area contributed by atoms with Gasteiger partial charge in [0.25, 0.3) is 0 Å². The van der Waals surface area contributed by atoms with Gasteiger partial charge in [-0.05, 0) is 69.0 Å². The van der Waals surface area contributed by atoms with Crippen LogP contribution in [0.15, 0.2) is 30.3 Å². The highest BCUT2D eigenvalue weighted by molar-refractivity contribution is 5.92. The lowest BCUT2D eigenvalue weighted by molar-refractivity contribution is -0.129. The third-order valence-electron chi connectivity index (χ3n) is 5.04. The molecule has 2 saturated heterocycles. The first-order valence-electron chi connectivity index (χ1n) is 8.97. The first kappa shape index (κ1) is 16.7. The standard InChI is InChI=1S/C20H25N3O/c21-15-18-8-6-17(7-9-18)10-11-20(24)23-14-2-1-5-19(23)16-22-12-3-4-13-22/h6-11,19H,1-5,12-14,16H2/b11-10+/t19-/m0/s1. The molecule has 0 saturated carbocycles. The minimum absolute atomic E-state index is 0.114. The fraction of sp³-hybridized carbons (Fsp3) is 0.500. The van der Waals surface area contributed by atoms with Crippen molar-refractivity contribution in [1.82, 2.24) is 9.80 Å². The number of nitrogens with zero attached hydrogens (tertiary/aromatic N) is 3. The molecule has 0 aliphatic carbocycles. The molecule has 2 aliphatic heterocycles. The van der Waals surface area contributed by atoms with E-state index < -0.39 is 0 Å². The van der Waals surface area contributed by atoms with E-state index in [1.807, 2.05) is 18.2 Å². The van der Waals surface area contributed by atoms with E-state index in [4.69, 9.17) is 5.26 Å². The fourth-order valence-electron chi connectivity index (χ4n) is 3.68. The SMILES string of the molecule is N#Cc1ccc(/C=C/C(=O)N2CCCC[C@H]2CN2CCCC2)cc1. The van der Waals surface area contributed by atoms with Gasteiger partial charge >= 0.3 is 0 Å². The molecule has 2 heterocycles. The van der Waals surface area contributed by atoms with E-state index in [0.29, 0.717) is 11.6 Å². The summed E-state index contributed by atoms with van der Waals surface area (Å²) >= 11 is 0. The quantitative estimate of drug-likeness (QED) is 0.800. The molecule has 3 rings (SSSR count). The highest BCUT2D eigenvalue weighted by atomic mass is 16.2. The summed E-state index contributed by atoms with van der Waals surface area (Å²) in [6.45, 7) is 4.25. The third kappa shape index (κ3) is 4.24. The van der Waals surface area contributed by atoms with E-state index in [0.717, 1.165) is 31.5 Å². The number of rotatable bonds is 4. The van der Waals surface area contributed by atoms with Gasteiger partial charge in [0.2, 0.25) is 5.91 Å². The maximum absolute atomic E-state index is 12.6. The molecule has 1 atom stereocenters. The molecule has 4 heteroatoms. The highest BCUT2D eigenvalue weighted by Crippen LogP contribution is 2.20. The van der Waals surface area contributed by atoms with Crippen LogP contribution in [0.1, 0.15) is 43.2 Å². The summed E-state index contributed by atoms with van der Waals surface area (Å²) in [4.78, 5) is 17.2. The Morgan fingerprint density at radius 3 is 2.54 bits per heavy atom. The van der Waals surface area contributed by atoms with Crippen LogP contribution in [-0.2, 0) is 4.79 Å². The minimum Gasteiger partial charge on any atom is -0.335 e. The van der Waals surface area contributed by atoms with E-state index in [9.17, 15) is 4.79 Å². The van der Waals surface area contributed by atoms with Crippen LogP contribution in [0.3, 0.4) is 0 Å². The Labute approximate surface area is 144 Å². The van der Waals surface area contributed by atoms with Gasteiger partial charge in [0.05, 0.1) is 11.6 Å². The number of piperidine rings is 1. The van der Waals surface area contributed by atoms with Gasteiger partial charge < -0.3 is 9.80 Å². The van der Waals surface area contributed by atoms with Crippen molar-refractivity contribution in [3.05, 3.63) is 41.5 Å². The fourth-order valence-corrected chi connectivity index (χ4v) is 3.68. The Morgan fingerprint density at radius 1 is 1.12 bits per heavy atom. The highest BCUT2D eigenvalue weighted by Gasteiger charge is 2.27. The Morgan fingerprint density at radius 2 is 1.83 bits per heavy atom. The zero-order valence-corrected chi connectivity index (χ0v) is 14.2. The van der Waals surface area contributed by atoms with Crippen molar-refractivity contribution >= 4 is 12.0 Å². The van der Waals surface area contributed by atoms with Crippen LogP contribution in [0.25, 0.3) is 6.08 Å². The zero-order valence-electron chi connectivity index (χ0n) is 14.2. The van der Waals surface area contributed by atoms with Gasteiger partial charge in [-0.15, -0.1) is 0 Å². The van der Waals surface area contributed by atoms with E-state index in [1.165, 1.54) is 32.4 Å². The van der Waals surface area contributed by atoms with Crippen LogP contribution in [0.5, 0.6) is 0 Å². The number of nitriles is 1. The number of carbonyl (C=O) groups excluding carboxylic acids is 1. The van der Waals surface area contributed by atoms with Crippen LogP contribution in [-0.4, -0.2) is 47.9 Å². The molecule has 24 heavy (non-hydrogen) atoms. The van der Waals surface area contributed by atoms with Crippen LogP contribution < -0.4 is 0 Å². The second-order valence-corrected chi connectivity index (χ2v) is 6.76. The van der Waals surface area contributed by atoms with E-state index in [-0.39, 0.29) is 5.91 Å².